The van der Waals surface area contributed by atoms with Gasteiger partial charge < -0.3 is 28.8 Å². The summed E-state index contributed by atoms with van der Waals surface area (Å²) in [6.07, 6.45) is 20.3. The number of hydrogen-bond donors (Lipinski definition) is 1. The van der Waals surface area contributed by atoms with Gasteiger partial charge in [-0.2, -0.15) is 0 Å². The van der Waals surface area contributed by atoms with Crippen molar-refractivity contribution in [1.82, 2.24) is 0 Å². The van der Waals surface area contributed by atoms with Crippen LogP contribution in [0, 0.1) is 0 Å². The van der Waals surface area contributed by atoms with E-state index in [0.29, 0.717) is 65.9 Å². The largest absolute Gasteiger partial charge is 0.463 e. The van der Waals surface area contributed by atoms with E-state index in [1.165, 1.54) is 83.5 Å². The molecule has 0 saturated carbocycles. The number of ether oxygens (including phenoxy) is 5. The van der Waals surface area contributed by atoms with Gasteiger partial charge in [0.25, 0.3) is 0 Å². The van der Waals surface area contributed by atoms with Crippen molar-refractivity contribution in [2.45, 2.75) is 110 Å². The predicted molar refractivity (Wildman–Crippen MR) is 141 cm³/mol. The lowest BCUT2D eigenvalue weighted by Gasteiger charge is -2.08. The third kappa shape index (κ3) is 31.2. The highest BCUT2D eigenvalue weighted by molar-refractivity contribution is 5.69. The summed E-state index contributed by atoms with van der Waals surface area (Å²) in [6.45, 7) is 6.25. The fourth-order valence-corrected chi connectivity index (χ4v) is 3.75. The molecular formula is C28H56O7. The number of hydrogen-bond acceptors (Lipinski definition) is 7. The van der Waals surface area contributed by atoms with Crippen LogP contribution in [0.4, 0.5) is 0 Å². The third-order valence-corrected chi connectivity index (χ3v) is 5.83. The fraction of sp³-hybridized carbons (Fsp3) is 0.964. The van der Waals surface area contributed by atoms with Crippen molar-refractivity contribution < 1.29 is 33.6 Å². The number of aliphatic hydroxyl groups excluding tert-OH is 1. The Morgan fingerprint density at radius 2 is 0.829 bits per heavy atom. The molecule has 0 amide bonds. The Balaban J connectivity index is 3.14. The summed E-state index contributed by atoms with van der Waals surface area (Å²) in [5.41, 5.74) is 0. The molecule has 7 heteroatoms. The van der Waals surface area contributed by atoms with Crippen LogP contribution in [0.15, 0.2) is 0 Å². The van der Waals surface area contributed by atoms with Crippen LogP contribution in [0.25, 0.3) is 0 Å². The molecular weight excluding hydrogens is 448 g/mol. The van der Waals surface area contributed by atoms with E-state index in [1.807, 2.05) is 0 Å². The van der Waals surface area contributed by atoms with Crippen molar-refractivity contribution in [3.05, 3.63) is 0 Å². The van der Waals surface area contributed by atoms with Crippen LogP contribution >= 0.6 is 0 Å². The van der Waals surface area contributed by atoms with Crippen molar-refractivity contribution in [1.29, 1.82) is 0 Å². The molecule has 7 nitrogen and oxygen atoms in total. The van der Waals surface area contributed by atoms with Gasteiger partial charge in [-0.05, 0) is 6.42 Å². The number of rotatable bonds is 30. The minimum absolute atomic E-state index is 0.0296. The molecule has 0 fully saturated rings. The van der Waals surface area contributed by atoms with Crippen LogP contribution in [0.5, 0.6) is 0 Å². The number of aliphatic hydroxyl groups is 1. The molecule has 0 atom stereocenters. The van der Waals surface area contributed by atoms with Crippen LogP contribution in [0.3, 0.4) is 0 Å². The summed E-state index contributed by atoms with van der Waals surface area (Å²) in [7, 11) is 0. The van der Waals surface area contributed by atoms with Gasteiger partial charge >= 0.3 is 5.97 Å². The summed E-state index contributed by atoms with van der Waals surface area (Å²) in [5, 5.41) is 8.56. The Kier molecular flexibility index (Phi) is 30.6. The average Bonchev–Trinajstić information content (AvgIpc) is 2.86. The molecule has 0 heterocycles. The van der Waals surface area contributed by atoms with Gasteiger partial charge in [0.2, 0.25) is 0 Å². The second-order valence-electron chi connectivity index (χ2n) is 9.09. The zero-order valence-corrected chi connectivity index (χ0v) is 22.8. The summed E-state index contributed by atoms with van der Waals surface area (Å²) < 4.78 is 26.4. The monoisotopic (exact) mass is 504 g/mol. The van der Waals surface area contributed by atoms with E-state index in [2.05, 4.69) is 6.92 Å². The fourth-order valence-electron chi connectivity index (χ4n) is 3.75. The van der Waals surface area contributed by atoms with Crippen molar-refractivity contribution in [3.63, 3.8) is 0 Å². The van der Waals surface area contributed by atoms with E-state index in [9.17, 15) is 4.79 Å². The lowest BCUT2D eigenvalue weighted by atomic mass is 10.0. The Hall–Kier alpha value is -0.730. The maximum Gasteiger partial charge on any atom is 0.305 e. The minimum atomic E-state index is -0.125. The molecule has 35 heavy (non-hydrogen) atoms. The highest BCUT2D eigenvalue weighted by Gasteiger charge is 2.02. The van der Waals surface area contributed by atoms with Crippen molar-refractivity contribution in [3.8, 4) is 0 Å². The Morgan fingerprint density at radius 1 is 0.486 bits per heavy atom. The van der Waals surface area contributed by atoms with E-state index in [-0.39, 0.29) is 12.6 Å². The Labute approximate surface area is 215 Å². The van der Waals surface area contributed by atoms with E-state index in [1.54, 1.807) is 0 Å². The molecule has 0 aromatic rings. The molecule has 0 saturated heterocycles. The van der Waals surface area contributed by atoms with Crippen LogP contribution in [0.2, 0.25) is 0 Å². The van der Waals surface area contributed by atoms with Gasteiger partial charge in [0, 0.05) is 6.42 Å². The Bertz CT molecular complexity index is 407. The zero-order chi connectivity index (χ0) is 25.5. The van der Waals surface area contributed by atoms with Gasteiger partial charge in [-0.3, -0.25) is 4.79 Å². The smallest absolute Gasteiger partial charge is 0.305 e. The molecule has 0 aromatic heterocycles. The molecule has 0 unspecified atom stereocenters. The highest BCUT2D eigenvalue weighted by Crippen LogP contribution is 2.13. The van der Waals surface area contributed by atoms with E-state index in [4.69, 9.17) is 28.8 Å². The summed E-state index contributed by atoms with van der Waals surface area (Å²) in [5.74, 6) is -0.125. The van der Waals surface area contributed by atoms with Gasteiger partial charge in [-0.1, -0.05) is 96.8 Å². The lowest BCUT2D eigenvalue weighted by Crippen LogP contribution is -2.14. The van der Waals surface area contributed by atoms with Crippen molar-refractivity contribution in [2.75, 3.05) is 66.1 Å². The highest BCUT2D eigenvalue weighted by atomic mass is 16.6. The van der Waals surface area contributed by atoms with Gasteiger partial charge in [0.15, 0.2) is 0 Å². The first kappa shape index (κ1) is 34.3. The van der Waals surface area contributed by atoms with Gasteiger partial charge in [-0.25, -0.2) is 0 Å². The van der Waals surface area contributed by atoms with Crippen LogP contribution in [-0.2, 0) is 28.5 Å². The summed E-state index contributed by atoms with van der Waals surface area (Å²) in [4.78, 5) is 11.8. The van der Waals surface area contributed by atoms with E-state index < -0.39 is 0 Å². The topological polar surface area (TPSA) is 83.5 Å². The van der Waals surface area contributed by atoms with Crippen molar-refractivity contribution in [2.24, 2.45) is 0 Å². The third-order valence-electron chi connectivity index (χ3n) is 5.83. The molecule has 0 aliphatic rings. The second-order valence-corrected chi connectivity index (χ2v) is 9.09. The maximum atomic E-state index is 11.8. The number of carbonyl (C=O) groups is 1. The average molecular weight is 505 g/mol. The molecule has 0 radical (unpaired) electrons. The number of unbranched alkanes of at least 4 members (excludes halogenated alkanes) is 14. The van der Waals surface area contributed by atoms with Gasteiger partial charge in [-0.15, -0.1) is 0 Å². The first-order chi connectivity index (χ1) is 17.3. The van der Waals surface area contributed by atoms with E-state index >= 15 is 0 Å². The van der Waals surface area contributed by atoms with Crippen LogP contribution in [-0.4, -0.2) is 77.1 Å². The van der Waals surface area contributed by atoms with Crippen LogP contribution in [0.1, 0.15) is 110 Å². The summed E-state index contributed by atoms with van der Waals surface area (Å²) in [6, 6.07) is 0. The maximum absolute atomic E-state index is 11.8. The normalized spacial score (nSPS) is 11.3. The first-order valence-corrected chi connectivity index (χ1v) is 14.4. The molecule has 210 valence electrons. The minimum Gasteiger partial charge on any atom is -0.463 e. The predicted octanol–water partition coefficient (Wildman–Crippen LogP) is 5.85. The van der Waals surface area contributed by atoms with E-state index in [0.717, 1.165) is 12.8 Å². The number of carbonyl (C=O) groups excluding carboxylic acids is 1. The zero-order valence-electron chi connectivity index (χ0n) is 22.8. The molecule has 0 aliphatic heterocycles. The van der Waals surface area contributed by atoms with Gasteiger partial charge in [0.05, 0.1) is 59.5 Å². The SMILES string of the molecule is CCCCCCCCCCCCCCCCCC(=O)OCCOCCOCCOCCOCCO. The Morgan fingerprint density at radius 3 is 1.23 bits per heavy atom. The first-order valence-electron chi connectivity index (χ1n) is 14.4. The molecule has 0 aliphatic carbocycles. The standard InChI is InChI=1S/C28H56O7/c1-2-3-4-5-6-7-8-9-10-11-12-13-14-15-16-17-28(30)35-27-26-34-25-24-33-23-22-32-21-20-31-19-18-29/h29H,2-27H2,1H3. The quantitative estimate of drug-likeness (QED) is 0.0970. The van der Waals surface area contributed by atoms with Crippen LogP contribution < -0.4 is 0 Å². The molecule has 0 rings (SSSR count). The molecule has 1 N–H and O–H groups in total. The molecule has 0 bridgehead atoms. The lowest BCUT2D eigenvalue weighted by molar-refractivity contribution is -0.145. The molecule has 0 spiro atoms. The summed E-state index contributed by atoms with van der Waals surface area (Å²) >= 11 is 0. The molecule has 0 aromatic carbocycles. The van der Waals surface area contributed by atoms with Crippen molar-refractivity contribution >= 4 is 5.97 Å². The number of esters is 1. The van der Waals surface area contributed by atoms with Gasteiger partial charge in [0.1, 0.15) is 6.61 Å². The second kappa shape index (κ2) is 31.3.